The van der Waals surface area contributed by atoms with Gasteiger partial charge < -0.3 is 4.74 Å². The molecule has 0 N–H and O–H groups in total. The first-order chi connectivity index (χ1) is 9.20. The molecule has 0 aliphatic heterocycles. The summed E-state index contributed by atoms with van der Waals surface area (Å²) in [4.78, 5) is 11.3. The van der Waals surface area contributed by atoms with Crippen molar-refractivity contribution >= 4 is 41.3 Å². The smallest absolute Gasteiger partial charge is 0.316 e. The van der Waals surface area contributed by atoms with E-state index in [1.165, 1.54) is 23.1 Å². The summed E-state index contributed by atoms with van der Waals surface area (Å²) in [7, 11) is 0. The summed E-state index contributed by atoms with van der Waals surface area (Å²) in [5.41, 5.74) is 0.923. The third-order valence-electron chi connectivity index (χ3n) is 2.15. The number of hydrogen-bond acceptors (Lipinski definition) is 6. The van der Waals surface area contributed by atoms with Crippen LogP contribution >= 0.6 is 35.3 Å². The lowest BCUT2D eigenvalue weighted by Crippen LogP contribution is -2.06. The summed E-state index contributed by atoms with van der Waals surface area (Å²) in [6, 6.07) is 9.68. The van der Waals surface area contributed by atoms with Crippen LogP contribution in [0.1, 0.15) is 6.92 Å². The molecular formula is C12H12N2O2S3. The molecular weight excluding hydrogens is 300 g/mol. The summed E-state index contributed by atoms with van der Waals surface area (Å²) in [5, 5.41) is 4.40. The number of thioether (sulfide) groups is 1. The number of carbonyl (C=O) groups is 1. The van der Waals surface area contributed by atoms with Crippen molar-refractivity contribution in [2.24, 2.45) is 0 Å². The molecule has 0 atom stereocenters. The van der Waals surface area contributed by atoms with Crippen LogP contribution in [-0.2, 0) is 9.53 Å². The van der Waals surface area contributed by atoms with Crippen molar-refractivity contribution in [3.05, 3.63) is 34.3 Å². The normalized spacial score (nSPS) is 10.4. The fraction of sp³-hybridized carbons (Fsp3) is 0.250. The number of para-hydroxylation sites is 1. The second-order valence-corrected chi connectivity index (χ2v) is 6.32. The molecule has 19 heavy (non-hydrogen) atoms. The lowest BCUT2D eigenvalue weighted by molar-refractivity contribution is -0.139. The van der Waals surface area contributed by atoms with E-state index in [2.05, 4.69) is 5.10 Å². The number of ether oxygens (including phenoxy) is 1. The number of hydrogen-bond donors (Lipinski definition) is 0. The molecule has 0 amide bonds. The number of nitrogens with zero attached hydrogens (tertiary/aromatic N) is 2. The van der Waals surface area contributed by atoms with Gasteiger partial charge in [0.2, 0.25) is 0 Å². The molecule has 0 saturated heterocycles. The van der Waals surface area contributed by atoms with Gasteiger partial charge in [0, 0.05) is 0 Å². The Morgan fingerprint density at radius 3 is 2.89 bits per heavy atom. The number of aromatic nitrogens is 2. The second kappa shape index (κ2) is 6.83. The standard InChI is InChI=1S/C12H12N2O2S3/c1-2-16-10(15)8-18-11-13-14(12(17)19-11)9-6-4-3-5-7-9/h3-7H,2,8H2,1H3. The van der Waals surface area contributed by atoms with Crippen LogP contribution < -0.4 is 0 Å². The van der Waals surface area contributed by atoms with E-state index in [9.17, 15) is 4.79 Å². The van der Waals surface area contributed by atoms with E-state index in [0.717, 1.165) is 10.0 Å². The molecule has 0 bridgehead atoms. The Kier molecular flexibility index (Phi) is 5.12. The molecule has 0 aliphatic carbocycles. The molecule has 0 fully saturated rings. The third-order valence-corrected chi connectivity index (χ3v) is 4.49. The van der Waals surface area contributed by atoms with Gasteiger partial charge in [-0.15, -0.1) is 5.10 Å². The van der Waals surface area contributed by atoms with Crippen LogP contribution in [0.4, 0.5) is 0 Å². The van der Waals surface area contributed by atoms with E-state index in [-0.39, 0.29) is 11.7 Å². The Bertz CT molecular complexity index is 607. The largest absolute Gasteiger partial charge is 0.465 e. The summed E-state index contributed by atoms with van der Waals surface area (Å²) in [6.07, 6.45) is 0. The maximum Gasteiger partial charge on any atom is 0.316 e. The molecule has 0 radical (unpaired) electrons. The van der Waals surface area contributed by atoms with E-state index >= 15 is 0 Å². The summed E-state index contributed by atoms with van der Waals surface area (Å²) in [5.74, 6) is 0.0187. The molecule has 0 aliphatic rings. The average Bonchev–Trinajstić information content (AvgIpc) is 2.79. The summed E-state index contributed by atoms with van der Waals surface area (Å²) < 4.78 is 8.00. The summed E-state index contributed by atoms with van der Waals surface area (Å²) in [6.45, 7) is 2.18. The number of carbonyl (C=O) groups excluding carboxylic acids is 1. The molecule has 1 heterocycles. The fourth-order valence-electron chi connectivity index (χ4n) is 1.37. The SMILES string of the molecule is CCOC(=O)CSc1nn(-c2ccccc2)c(=S)s1. The highest BCUT2D eigenvalue weighted by atomic mass is 32.2. The van der Waals surface area contributed by atoms with Gasteiger partial charge in [-0.2, -0.15) is 0 Å². The Labute approximate surface area is 124 Å². The molecule has 4 nitrogen and oxygen atoms in total. The molecule has 0 spiro atoms. The molecule has 0 unspecified atom stereocenters. The molecule has 2 rings (SSSR count). The van der Waals surface area contributed by atoms with Crippen molar-refractivity contribution < 1.29 is 9.53 Å². The lowest BCUT2D eigenvalue weighted by Gasteiger charge is -1.99. The van der Waals surface area contributed by atoms with Gasteiger partial charge in [-0.1, -0.05) is 41.3 Å². The van der Waals surface area contributed by atoms with Crippen LogP contribution in [0.3, 0.4) is 0 Å². The zero-order valence-corrected chi connectivity index (χ0v) is 12.7. The Hall–Kier alpha value is -1.18. The number of rotatable bonds is 5. The first kappa shape index (κ1) is 14.2. The fourth-order valence-corrected chi connectivity index (χ4v) is 3.53. The number of esters is 1. The molecule has 1 aromatic carbocycles. The van der Waals surface area contributed by atoms with Crippen LogP contribution in [0.25, 0.3) is 5.69 Å². The highest BCUT2D eigenvalue weighted by molar-refractivity contribution is 8.01. The van der Waals surface area contributed by atoms with Gasteiger partial charge >= 0.3 is 5.97 Å². The lowest BCUT2D eigenvalue weighted by atomic mass is 10.3. The van der Waals surface area contributed by atoms with Gasteiger partial charge in [0.1, 0.15) is 0 Å². The van der Waals surface area contributed by atoms with Gasteiger partial charge in [0.15, 0.2) is 8.29 Å². The van der Waals surface area contributed by atoms with Crippen LogP contribution in [0.5, 0.6) is 0 Å². The highest BCUT2D eigenvalue weighted by Gasteiger charge is 2.09. The third kappa shape index (κ3) is 3.89. The van der Waals surface area contributed by atoms with Crippen molar-refractivity contribution in [2.45, 2.75) is 11.3 Å². The summed E-state index contributed by atoms with van der Waals surface area (Å²) >= 11 is 8.01. The van der Waals surface area contributed by atoms with Crippen molar-refractivity contribution in [2.75, 3.05) is 12.4 Å². The van der Waals surface area contributed by atoms with Crippen LogP contribution in [0, 0.1) is 3.95 Å². The van der Waals surface area contributed by atoms with Gasteiger partial charge in [-0.3, -0.25) is 4.79 Å². The van der Waals surface area contributed by atoms with Gasteiger partial charge in [0.05, 0.1) is 18.0 Å². The zero-order valence-electron chi connectivity index (χ0n) is 10.2. The maximum atomic E-state index is 11.3. The molecule has 7 heteroatoms. The van der Waals surface area contributed by atoms with Crippen LogP contribution in [0.2, 0.25) is 0 Å². The quantitative estimate of drug-likeness (QED) is 0.481. The van der Waals surface area contributed by atoms with Crippen molar-refractivity contribution in [1.82, 2.24) is 9.78 Å². The Balaban J connectivity index is 2.09. The Morgan fingerprint density at radius 1 is 1.47 bits per heavy atom. The second-order valence-electron chi connectivity index (χ2n) is 3.47. The topological polar surface area (TPSA) is 44.1 Å². The van der Waals surface area contributed by atoms with Gasteiger partial charge in [-0.05, 0) is 31.3 Å². The molecule has 2 aromatic rings. The molecule has 0 saturated carbocycles. The van der Waals surface area contributed by atoms with Crippen molar-refractivity contribution in [1.29, 1.82) is 0 Å². The van der Waals surface area contributed by atoms with E-state index < -0.39 is 0 Å². The minimum absolute atomic E-state index is 0.236. The predicted octanol–water partition coefficient (Wildman–Crippen LogP) is 3.32. The first-order valence-electron chi connectivity index (χ1n) is 5.64. The predicted molar refractivity (Wildman–Crippen MR) is 79.6 cm³/mol. The molecule has 100 valence electrons. The Morgan fingerprint density at radius 2 is 2.21 bits per heavy atom. The van der Waals surface area contributed by atoms with E-state index in [1.54, 1.807) is 11.6 Å². The van der Waals surface area contributed by atoms with Crippen molar-refractivity contribution in [3.63, 3.8) is 0 Å². The monoisotopic (exact) mass is 312 g/mol. The van der Waals surface area contributed by atoms with Crippen LogP contribution in [0.15, 0.2) is 34.7 Å². The van der Waals surface area contributed by atoms with E-state index in [1.807, 2.05) is 30.3 Å². The minimum atomic E-state index is -0.236. The van der Waals surface area contributed by atoms with E-state index in [0.29, 0.717) is 10.6 Å². The highest BCUT2D eigenvalue weighted by Crippen LogP contribution is 2.23. The van der Waals surface area contributed by atoms with E-state index in [4.69, 9.17) is 17.0 Å². The van der Waals surface area contributed by atoms with Crippen molar-refractivity contribution in [3.8, 4) is 5.69 Å². The number of benzene rings is 1. The molecule has 1 aromatic heterocycles. The first-order valence-corrected chi connectivity index (χ1v) is 7.85. The maximum absolute atomic E-state index is 11.3. The van der Waals surface area contributed by atoms with Gasteiger partial charge in [0.25, 0.3) is 0 Å². The van der Waals surface area contributed by atoms with Crippen LogP contribution in [-0.4, -0.2) is 28.1 Å². The minimum Gasteiger partial charge on any atom is -0.465 e. The van der Waals surface area contributed by atoms with Gasteiger partial charge in [-0.25, -0.2) is 4.68 Å². The average molecular weight is 312 g/mol. The zero-order chi connectivity index (χ0) is 13.7.